The van der Waals surface area contributed by atoms with E-state index in [0.717, 1.165) is 25.1 Å². The zero-order valence-electron chi connectivity index (χ0n) is 12.7. The van der Waals surface area contributed by atoms with Crippen molar-refractivity contribution >= 4 is 11.8 Å². The Labute approximate surface area is 115 Å². The maximum Gasteiger partial charge on any atom is 0.410 e. The van der Waals surface area contributed by atoms with Gasteiger partial charge in [0.25, 0.3) is 0 Å². The smallest absolute Gasteiger partial charge is 0.410 e. The average molecular weight is 270 g/mol. The highest BCUT2D eigenvalue weighted by Crippen LogP contribution is 2.20. The second kappa shape index (κ2) is 6.78. The maximum atomic E-state index is 12.0. The third-order valence-corrected chi connectivity index (χ3v) is 3.00. The molecule has 1 amide bonds. The van der Waals surface area contributed by atoms with E-state index in [1.165, 1.54) is 0 Å². The predicted octanol–water partition coefficient (Wildman–Crippen LogP) is 3.05. The van der Waals surface area contributed by atoms with E-state index >= 15 is 0 Å². The Morgan fingerprint density at radius 2 is 2.11 bits per heavy atom. The number of carbonyl (C=O) groups excluding carboxylic acids is 1. The van der Waals surface area contributed by atoms with Crippen molar-refractivity contribution in [2.45, 2.75) is 53.1 Å². The lowest BCUT2D eigenvalue weighted by atomic mass is 9.94. The molecule has 19 heavy (non-hydrogen) atoms. The number of carbonyl (C=O) groups is 1. The molecule has 0 bridgehead atoms. The van der Waals surface area contributed by atoms with Crippen LogP contribution in [0, 0.1) is 5.92 Å². The minimum absolute atomic E-state index is 0.235. The summed E-state index contributed by atoms with van der Waals surface area (Å²) in [6, 6.07) is 0. The maximum absolute atomic E-state index is 12.0. The van der Waals surface area contributed by atoms with Crippen LogP contribution in [0.4, 0.5) is 4.79 Å². The zero-order chi connectivity index (χ0) is 14.5. The molecular formula is C14H26N2O3. The van der Waals surface area contributed by atoms with Gasteiger partial charge in [0.2, 0.25) is 0 Å². The molecular weight excluding hydrogens is 244 g/mol. The second-order valence-electron chi connectivity index (χ2n) is 5.92. The molecule has 1 saturated heterocycles. The van der Waals surface area contributed by atoms with Crippen LogP contribution < -0.4 is 0 Å². The summed E-state index contributed by atoms with van der Waals surface area (Å²) in [5.41, 5.74) is 0.508. The second-order valence-corrected chi connectivity index (χ2v) is 5.92. The lowest BCUT2D eigenvalue weighted by molar-refractivity contribution is 0.0192. The Morgan fingerprint density at radius 3 is 2.68 bits per heavy atom. The molecule has 0 unspecified atom stereocenters. The lowest BCUT2D eigenvalue weighted by Gasteiger charge is -2.33. The molecule has 1 heterocycles. The molecule has 1 fully saturated rings. The number of oxime groups is 1. The van der Waals surface area contributed by atoms with Crippen molar-refractivity contribution in [1.82, 2.24) is 4.90 Å². The minimum Gasteiger partial charge on any atom is -0.444 e. The molecule has 0 aromatic heterocycles. The van der Waals surface area contributed by atoms with E-state index in [2.05, 4.69) is 5.16 Å². The zero-order valence-corrected chi connectivity index (χ0v) is 12.7. The number of ether oxygens (including phenoxy) is 1. The first-order chi connectivity index (χ1) is 8.83. The summed E-state index contributed by atoms with van der Waals surface area (Å²) < 4.78 is 5.40. The lowest BCUT2D eigenvalue weighted by Crippen LogP contribution is -2.44. The monoisotopic (exact) mass is 270 g/mol. The highest BCUT2D eigenvalue weighted by molar-refractivity contribution is 5.84. The van der Waals surface area contributed by atoms with Gasteiger partial charge in [-0.3, -0.25) is 0 Å². The molecule has 5 heteroatoms. The highest BCUT2D eigenvalue weighted by Gasteiger charge is 2.28. The predicted molar refractivity (Wildman–Crippen MR) is 75.3 cm³/mol. The molecule has 0 saturated carbocycles. The number of nitrogens with zero attached hydrogens (tertiary/aromatic N) is 2. The molecule has 5 nitrogen and oxygen atoms in total. The van der Waals surface area contributed by atoms with E-state index in [0.29, 0.717) is 13.2 Å². The Bertz CT molecular complexity index is 334. The first-order valence-electron chi connectivity index (χ1n) is 6.98. The highest BCUT2D eigenvalue weighted by atomic mass is 16.6. The van der Waals surface area contributed by atoms with Gasteiger partial charge in [0.1, 0.15) is 12.2 Å². The Balaban J connectivity index is 2.57. The molecule has 0 radical (unpaired) electrons. The summed E-state index contributed by atoms with van der Waals surface area (Å²) in [5, 5.41) is 4.07. The summed E-state index contributed by atoms with van der Waals surface area (Å²) in [5.74, 6) is 0.271. The number of amides is 1. The van der Waals surface area contributed by atoms with Crippen molar-refractivity contribution in [3.63, 3.8) is 0 Å². The quantitative estimate of drug-likeness (QED) is 0.585. The van der Waals surface area contributed by atoms with Crippen molar-refractivity contribution in [2.75, 3.05) is 19.7 Å². The van der Waals surface area contributed by atoms with Crippen LogP contribution in [0.1, 0.15) is 47.5 Å². The molecule has 1 rings (SSSR count). The normalized spacial score (nSPS) is 21.2. The summed E-state index contributed by atoms with van der Waals surface area (Å²) >= 11 is 0. The SMILES string of the molecule is CCON=C(C)[C@@H]1CCCN(C(=O)OC(C)(C)C)C1. The molecule has 1 aliphatic rings. The Kier molecular flexibility index (Phi) is 5.63. The van der Waals surface area contributed by atoms with Gasteiger partial charge in [0, 0.05) is 19.0 Å². The van der Waals surface area contributed by atoms with E-state index in [4.69, 9.17) is 9.57 Å². The van der Waals surface area contributed by atoms with Crippen LogP contribution in [0.25, 0.3) is 0 Å². The van der Waals surface area contributed by atoms with Gasteiger partial charge in [-0.2, -0.15) is 0 Å². The molecule has 1 atom stereocenters. The molecule has 110 valence electrons. The fourth-order valence-electron chi connectivity index (χ4n) is 2.05. The summed E-state index contributed by atoms with van der Waals surface area (Å²) in [7, 11) is 0. The van der Waals surface area contributed by atoms with E-state index in [-0.39, 0.29) is 12.0 Å². The molecule has 0 spiro atoms. The van der Waals surface area contributed by atoms with Crippen molar-refractivity contribution < 1.29 is 14.4 Å². The minimum atomic E-state index is -0.446. The number of hydrogen-bond acceptors (Lipinski definition) is 4. The number of rotatable bonds is 3. The standard InChI is InChI=1S/C14H26N2O3/c1-6-18-15-11(2)12-8-7-9-16(10-12)13(17)19-14(3,4)5/h12H,6-10H2,1-5H3/t12-/m1/s1. The Hall–Kier alpha value is -1.26. The summed E-state index contributed by atoms with van der Waals surface area (Å²) in [6.45, 7) is 11.5. The van der Waals surface area contributed by atoms with Gasteiger partial charge in [-0.25, -0.2) is 4.79 Å². The van der Waals surface area contributed by atoms with Gasteiger partial charge in [-0.05, 0) is 47.5 Å². The molecule has 0 N–H and O–H groups in total. The number of piperidine rings is 1. The number of hydrogen-bond donors (Lipinski definition) is 0. The molecule has 0 aliphatic carbocycles. The van der Waals surface area contributed by atoms with E-state index in [1.807, 2.05) is 34.6 Å². The topological polar surface area (TPSA) is 51.1 Å². The number of likely N-dealkylation sites (tertiary alicyclic amines) is 1. The van der Waals surface area contributed by atoms with Crippen LogP contribution >= 0.6 is 0 Å². The van der Waals surface area contributed by atoms with E-state index < -0.39 is 5.60 Å². The van der Waals surface area contributed by atoms with Gasteiger partial charge in [-0.15, -0.1) is 0 Å². The first-order valence-corrected chi connectivity index (χ1v) is 6.98. The van der Waals surface area contributed by atoms with E-state index in [9.17, 15) is 4.79 Å². The van der Waals surface area contributed by atoms with Crippen LogP contribution in [0.15, 0.2) is 5.16 Å². The van der Waals surface area contributed by atoms with Crippen LogP contribution in [0.2, 0.25) is 0 Å². The van der Waals surface area contributed by atoms with Gasteiger partial charge >= 0.3 is 6.09 Å². The van der Waals surface area contributed by atoms with Crippen LogP contribution in [-0.2, 0) is 9.57 Å². The average Bonchev–Trinajstić information content (AvgIpc) is 2.34. The van der Waals surface area contributed by atoms with Crippen LogP contribution in [-0.4, -0.2) is 42.0 Å². The van der Waals surface area contributed by atoms with Crippen molar-refractivity contribution in [2.24, 2.45) is 11.1 Å². The van der Waals surface area contributed by atoms with Crippen LogP contribution in [0.3, 0.4) is 0 Å². The van der Waals surface area contributed by atoms with Crippen LogP contribution in [0.5, 0.6) is 0 Å². The van der Waals surface area contributed by atoms with Gasteiger partial charge in [0.05, 0.1) is 5.71 Å². The fourth-order valence-corrected chi connectivity index (χ4v) is 2.05. The fraction of sp³-hybridized carbons (Fsp3) is 0.857. The van der Waals surface area contributed by atoms with Crippen molar-refractivity contribution in [3.05, 3.63) is 0 Å². The molecule has 1 aliphatic heterocycles. The first kappa shape index (κ1) is 15.8. The third kappa shape index (κ3) is 5.49. The Morgan fingerprint density at radius 1 is 1.42 bits per heavy atom. The largest absolute Gasteiger partial charge is 0.444 e. The molecule has 0 aromatic rings. The third-order valence-electron chi connectivity index (χ3n) is 3.00. The van der Waals surface area contributed by atoms with Gasteiger partial charge in [-0.1, -0.05) is 5.16 Å². The van der Waals surface area contributed by atoms with Crippen molar-refractivity contribution in [3.8, 4) is 0 Å². The summed E-state index contributed by atoms with van der Waals surface area (Å²) in [6.07, 6.45) is 1.78. The molecule has 0 aromatic carbocycles. The van der Waals surface area contributed by atoms with E-state index in [1.54, 1.807) is 4.90 Å². The summed E-state index contributed by atoms with van der Waals surface area (Å²) in [4.78, 5) is 18.9. The van der Waals surface area contributed by atoms with Crippen molar-refractivity contribution in [1.29, 1.82) is 0 Å². The van der Waals surface area contributed by atoms with Gasteiger partial charge < -0.3 is 14.5 Å². The van der Waals surface area contributed by atoms with Gasteiger partial charge in [0.15, 0.2) is 0 Å².